The summed E-state index contributed by atoms with van der Waals surface area (Å²) in [4.78, 5) is 7.33. The van der Waals surface area contributed by atoms with Crippen molar-refractivity contribution >= 4 is 18.0 Å². The number of unbranched alkanes of at least 4 members (excludes halogenated alkanes) is 15. The number of rotatable bonds is 18. The molecule has 0 unspecified atom stereocenters. The Bertz CT molecular complexity index is 513. The summed E-state index contributed by atoms with van der Waals surface area (Å²) in [5.41, 5.74) is 1.06. The fraction of sp³-hybridized carbons (Fsp3) is 0.826. The third kappa shape index (κ3) is 14.8. The van der Waals surface area contributed by atoms with E-state index in [0.29, 0.717) is 4.77 Å². The van der Waals surface area contributed by atoms with Crippen LogP contribution in [0.5, 0.6) is 0 Å². The fourth-order valence-electron chi connectivity index (χ4n) is 3.56. The summed E-state index contributed by atoms with van der Waals surface area (Å²) in [6.07, 6.45) is 22.5. The molecule has 1 heterocycles. The number of anilines is 1. The van der Waals surface area contributed by atoms with E-state index in [2.05, 4.69) is 22.2 Å². The quantitative estimate of drug-likeness (QED) is 0.195. The maximum absolute atomic E-state index is 5.10. The van der Waals surface area contributed by atoms with Gasteiger partial charge in [0.2, 0.25) is 0 Å². The monoisotopic (exact) mass is 393 g/mol. The van der Waals surface area contributed by atoms with Gasteiger partial charge in [-0.3, -0.25) is 0 Å². The summed E-state index contributed by atoms with van der Waals surface area (Å²) in [5.74, 6) is 0.900. The number of H-pyrrole nitrogens is 1. The minimum atomic E-state index is 0.560. The highest BCUT2D eigenvalue weighted by atomic mass is 32.1. The van der Waals surface area contributed by atoms with E-state index in [1.165, 1.54) is 103 Å². The van der Waals surface area contributed by atoms with E-state index < -0.39 is 0 Å². The highest BCUT2D eigenvalue weighted by Crippen LogP contribution is 2.13. The van der Waals surface area contributed by atoms with Crippen LogP contribution in [0.1, 0.15) is 115 Å². The zero-order valence-corrected chi connectivity index (χ0v) is 18.8. The molecule has 1 aromatic rings. The van der Waals surface area contributed by atoms with Gasteiger partial charge in [0.1, 0.15) is 5.82 Å². The van der Waals surface area contributed by atoms with Crippen molar-refractivity contribution in [3.63, 3.8) is 0 Å². The molecule has 0 fully saturated rings. The molecule has 0 aliphatic carbocycles. The summed E-state index contributed by atoms with van der Waals surface area (Å²) < 4.78 is 0.560. The fourth-order valence-corrected chi connectivity index (χ4v) is 3.82. The molecular formula is C23H43N3S. The summed E-state index contributed by atoms with van der Waals surface area (Å²) >= 11 is 5.10. The molecule has 156 valence electrons. The lowest BCUT2D eigenvalue weighted by Crippen LogP contribution is -2.04. The SMILES string of the molecule is CCCCCCCCCCCCCCCCCCNc1cc(C)[nH]c(=S)n1. The standard InChI is InChI=1S/C23H43N3S/c1-3-4-5-6-7-8-9-10-11-12-13-14-15-16-17-18-19-24-22-20-21(2)25-23(27)26-22/h20H,3-19H2,1-2H3,(H2,24,25,26,27). The molecule has 1 rings (SSSR count). The molecule has 0 aromatic carbocycles. The maximum atomic E-state index is 5.10. The molecule has 0 bridgehead atoms. The third-order valence-electron chi connectivity index (χ3n) is 5.22. The van der Waals surface area contributed by atoms with Crippen molar-refractivity contribution < 1.29 is 0 Å². The van der Waals surface area contributed by atoms with Crippen molar-refractivity contribution in [3.05, 3.63) is 16.5 Å². The Morgan fingerprint density at radius 1 is 0.778 bits per heavy atom. The minimum Gasteiger partial charge on any atom is -0.370 e. The van der Waals surface area contributed by atoms with E-state index in [9.17, 15) is 0 Å². The lowest BCUT2D eigenvalue weighted by Gasteiger charge is -2.06. The van der Waals surface area contributed by atoms with Crippen LogP contribution in [0.15, 0.2) is 6.07 Å². The van der Waals surface area contributed by atoms with Gasteiger partial charge in [-0.15, -0.1) is 0 Å². The smallest absolute Gasteiger partial charge is 0.198 e. The van der Waals surface area contributed by atoms with Crippen LogP contribution in [0.2, 0.25) is 0 Å². The first-order valence-electron chi connectivity index (χ1n) is 11.5. The lowest BCUT2D eigenvalue weighted by atomic mass is 10.0. The van der Waals surface area contributed by atoms with E-state index in [0.717, 1.165) is 18.1 Å². The Morgan fingerprint density at radius 2 is 1.22 bits per heavy atom. The second-order valence-corrected chi connectivity index (χ2v) is 8.37. The molecule has 27 heavy (non-hydrogen) atoms. The zero-order chi connectivity index (χ0) is 19.6. The average molecular weight is 394 g/mol. The molecule has 0 aliphatic rings. The van der Waals surface area contributed by atoms with Gasteiger partial charge in [0.25, 0.3) is 0 Å². The van der Waals surface area contributed by atoms with Gasteiger partial charge in [-0.05, 0) is 31.6 Å². The van der Waals surface area contributed by atoms with Crippen molar-refractivity contribution in [3.8, 4) is 0 Å². The van der Waals surface area contributed by atoms with Crippen molar-refractivity contribution in [2.75, 3.05) is 11.9 Å². The molecule has 0 atom stereocenters. The molecule has 0 saturated heterocycles. The molecular weight excluding hydrogens is 350 g/mol. The van der Waals surface area contributed by atoms with Crippen LogP contribution in [-0.2, 0) is 0 Å². The predicted molar refractivity (Wildman–Crippen MR) is 122 cm³/mol. The molecule has 2 N–H and O–H groups in total. The Labute approximate surface area is 173 Å². The van der Waals surface area contributed by atoms with Gasteiger partial charge in [0, 0.05) is 12.2 Å². The Balaban J connectivity index is 1.78. The first kappa shape index (κ1) is 24.1. The van der Waals surface area contributed by atoms with Gasteiger partial charge in [-0.2, -0.15) is 0 Å². The van der Waals surface area contributed by atoms with Crippen LogP contribution >= 0.6 is 12.2 Å². The highest BCUT2D eigenvalue weighted by molar-refractivity contribution is 7.71. The topological polar surface area (TPSA) is 40.7 Å². The predicted octanol–water partition coefficient (Wildman–Crippen LogP) is 8.12. The second kappa shape index (κ2) is 17.2. The molecule has 0 spiro atoms. The van der Waals surface area contributed by atoms with Crippen LogP contribution in [0, 0.1) is 11.7 Å². The number of nitrogens with zero attached hydrogens (tertiary/aromatic N) is 1. The summed E-state index contributed by atoms with van der Waals surface area (Å²) in [6.45, 7) is 5.29. The Hall–Kier alpha value is -0.900. The first-order chi connectivity index (χ1) is 13.2. The molecule has 1 aromatic heterocycles. The number of aromatic amines is 1. The van der Waals surface area contributed by atoms with Crippen molar-refractivity contribution in [2.24, 2.45) is 0 Å². The number of aryl methyl sites for hydroxylation is 1. The maximum Gasteiger partial charge on any atom is 0.198 e. The molecule has 3 nitrogen and oxygen atoms in total. The van der Waals surface area contributed by atoms with Crippen LogP contribution < -0.4 is 5.32 Å². The molecule has 0 aliphatic heterocycles. The van der Waals surface area contributed by atoms with Crippen LogP contribution in [0.3, 0.4) is 0 Å². The normalized spacial score (nSPS) is 11.0. The van der Waals surface area contributed by atoms with Crippen LogP contribution in [0.25, 0.3) is 0 Å². The molecule has 0 radical (unpaired) electrons. The number of hydrogen-bond donors (Lipinski definition) is 2. The van der Waals surface area contributed by atoms with E-state index in [1.807, 2.05) is 13.0 Å². The second-order valence-electron chi connectivity index (χ2n) is 7.98. The van der Waals surface area contributed by atoms with E-state index in [1.54, 1.807) is 0 Å². The van der Waals surface area contributed by atoms with E-state index >= 15 is 0 Å². The lowest BCUT2D eigenvalue weighted by molar-refractivity contribution is 0.530. The van der Waals surface area contributed by atoms with Crippen LogP contribution in [0.4, 0.5) is 5.82 Å². The number of hydrogen-bond acceptors (Lipinski definition) is 3. The number of nitrogens with one attached hydrogen (secondary N) is 2. The average Bonchev–Trinajstić information content (AvgIpc) is 2.63. The van der Waals surface area contributed by atoms with Gasteiger partial charge in [0.05, 0.1) is 0 Å². The van der Waals surface area contributed by atoms with Gasteiger partial charge >= 0.3 is 0 Å². The van der Waals surface area contributed by atoms with E-state index in [-0.39, 0.29) is 0 Å². The minimum absolute atomic E-state index is 0.560. The van der Waals surface area contributed by atoms with Gasteiger partial charge in [-0.1, -0.05) is 103 Å². The van der Waals surface area contributed by atoms with Gasteiger partial charge < -0.3 is 10.3 Å². The van der Waals surface area contributed by atoms with Crippen molar-refractivity contribution in [1.82, 2.24) is 9.97 Å². The summed E-state index contributed by atoms with van der Waals surface area (Å²) in [7, 11) is 0. The van der Waals surface area contributed by atoms with E-state index in [4.69, 9.17) is 12.2 Å². The zero-order valence-electron chi connectivity index (χ0n) is 18.0. The highest BCUT2D eigenvalue weighted by Gasteiger charge is 1.97. The van der Waals surface area contributed by atoms with Gasteiger partial charge in [0.15, 0.2) is 4.77 Å². The van der Waals surface area contributed by atoms with Crippen molar-refractivity contribution in [2.45, 2.75) is 117 Å². The molecule has 0 amide bonds. The van der Waals surface area contributed by atoms with Gasteiger partial charge in [-0.25, -0.2) is 4.98 Å². The number of aromatic nitrogens is 2. The first-order valence-corrected chi connectivity index (χ1v) is 11.9. The molecule has 4 heteroatoms. The molecule has 0 saturated carbocycles. The largest absolute Gasteiger partial charge is 0.370 e. The Morgan fingerprint density at radius 3 is 1.67 bits per heavy atom. The Kier molecular flexibility index (Phi) is 15.4. The van der Waals surface area contributed by atoms with Crippen molar-refractivity contribution in [1.29, 1.82) is 0 Å². The summed E-state index contributed by atoms with van der Waals surface area (Å²) in [5, 5.41) is 3.38. The van der Waals surface area contributed by atoms with Crippen LogP contribution in [-0.4, -0.2) is 16.5 Å². The summed E-state index contributed by atoms with van der Waals surface area (Å²) in [6, 6.07) is 2.02. The third-order valence-corrected chi connectivity index (χ3v) is 5.41.